The Kier molecular flexibility index (Phi) is 4.96. The van der Waals surface area contributed by atoms with Crippen LogP contribution in [0.3, 0.4) is 0 Å². The van der Waals surface area contributed by atoms with Gasteiger partial charge < -0.3 is 9.30 Å². The van der Waals surface area contributed by atoms with Crippen LogP contribution in [0.15, 0.2) is 24.3 Å². The van der Waals surface area contributed by atoms with Gasteiger partial charge in [0.15, 0.2) is 0 Å². The van der Waals surface area contributed by atoms with Crippen LogP contribution in [-0.2, 0) is 13.1 Å². The largest absolute Gasteiger partial charge is 0.494 e. The Hall–Kier alpha value is -1.88. The fourth-order valence-corrected chi connectivity index (χ4v) is 3.48. The minimum atomic E-state index is 0.466. The second kappa shape index (κ2) is 7.13. The first kappa shape index (κ1) is 16.0. The molecule has 1 aromatic carbocycles. The van der Waals surface area contributed by atoms with Gasteiger partial charge in [0, 0.05) is 12.6 Å². The minimum absolute atomic E-state index is 0.466. The predicted molar refractivity (Wildman–Crippen MR) is 90.4 cm³/mol. The fourth-order valence-electron chi connectivity index (χ4n) is 3.48. The molecule has 0 saturated carbocycles. The predicted octanol–water partition coefficient (Wildman–Crippen LogP) is 3.34. The summed E-state index contributed by atoms with van der Waals surface area (Å²) in [5, 5.41) is 8.60. The van der Waals surface area contributed by atoms with Crippen molar-refractivity contribution in [3.05, 3.63) is 41.5 Å². The molecule has 0 amide bonds. The van der Waals surface area contributed by atoms with Gasteiger partial charge in [-0.15, -0.1) is 10.2 Å². The van der Waals surface area contributed by atoms with Crippen molar-refractivity contribution in [3.8, 4) is 5.75 Å². The molecule has 1 saturated heterocycles. The van der Waals surface area contributed by atoms with Crippen molar-refractivity contribution in [1.82, 2.24) is 19.7 Å². The van der Waals surface area contributed by atoms with Crippen LogP contribution in [0.4, 0.5) is 0 Å². The zero-order valence-corrected chi connectivity index (χ0v) is 14.3. The van der Waals surface area contributed by atoms with Gasteiger partial charge in [0.25, 0.3) is 0 Å². The molecule has 0 aliphatic carbocycles. The van der Waals surface area contributed by atoms with Gasteiger partial charge in [0.2, 0.25) is 0 Å². The van der Waals surface area contributed by atoms with Crippen LogP contribution in [0.1, 0.15) is 49.9 Å². The summed E-state index contributed by atoms with van der Waals surface area (Å²) >= 11 is 0. The molecule has 2 aromatic rings. The Morgan fingerprint density at radius 2 is 1.96 bits per heavy atom. The number of aryl methyl sites for hydroxylation is 1. The fraction of sp³-hybridized carbons (Fsp3) is 0.556. The zero-order chi connectivity index (χ0) is 16.2. The van der Waals surface area contributed by atoms with Gasteiger partial charge in [0.1, 0.15) is 17.4 Å². The summed E-state index contributed by atoms with van der Waals surface area (Å²) in [6, 6.07) is 9.02. The van der Waals surface area contributed by atoms with E-state index in [0.717, 1.165) is 37.0 Å². The smallest absolute Gasteiger partial charge is 0.147 e. The van der Waals surface area contributed by atoms with E-state index in [9.17, 15) is 0 Å². The maximum absolute atomic E-state index is 5.54. The first-order chi connectivity index (χ1) is 11.2. The van der Waals surface area contributed by atoms with Gasteiger partial charge >= 0.3 is 0 Å². The highest BCUT2D eigenvalue weighted by molar-refractivity contribution is 5.29. The Morgan fingerprint density at radius 1 is 1.17 bits per heavy atom. The van der Waals surface area contributed by atoms with E-state index in [0.29, 0.717) is 12.6 Å². The zero-order valence-electron chi connectivity index (χ0n) is 14.3. The van der Waals surface area contributed by atoms with Crippen LogP contribution in [0, 0.1) is 6.92 Å². The molecule has 1 aliphatic heterocycles. The summed E-state index contributed by atoms with van der Waals surface area (Å²) in [5.41, 5.74) is 1.37. The van der Waals surface area contributed by atoms with E-state index in [-0.39, 0.29) is 0 Å². The molecule has 1 aromatic heterocycles. The summed E-state index contributed by atoms with van der Waals surface area (Å²) in [6.07, 6.45) is 2.43. The standard InChI is InChI=1S/C18H26N4O/c1-4-22-14(3)19-20-18(22)13-21-12-6-7-17(21)15-8-10-16(11-9-15)23-5-2/h8-11,17H,4-7,12-13H2,1-3H3. The number of nitrogens with zero attached hydrogens (tertiary/aromatic N) is 4. The second-order valence-electron chi connectivity index (χ2n) is 6.04. The van der Waals surface area contributed by atoms with E-state index in [4.69, 9.17) is 4.74 Å². The molecular weight excluding hydrogens is 288 g/mol. The molecular formula is C18H26N4O. The Bertz CT molecular complexity index is 635. The van der Waals surface area contributed by atoms with Crippen LogP contribution in [0.25, 0.3) is 0 Å². The highest BCUT2D eigenvalue weighted by Crippen LogP contribution is 2.33. The summed E-state index contributed by atoms with van der Waals surface area (Å²) in [6.45, 7) is 9.80. The number of benzene rings is 1. The Balaban J connectivity index is 1.74. The maximum atomic E-state index is 5.54. The van der Waals surface area contributed by atoms with Gasteiger partial charge in [-0.2, -0.15) is 0 Å². The molecule has 1 unspecified atom stereocenters. The van der Waals surface area contributed by atoms with Crippen molar-refractivity contribution in [2.24, 2.45) is 0 Å². The molecule has 23 heavy (non-hydrogen) atoms. The Morgan fingerprint density at radius 3 is 2.65 bits per heavy atom. The summed E-state index contributed by atoms with van der Waals surface area (Å²) in [4.78, 5) is 2.52. The molecule has 5 heteroatoms. The molecule has 0 radical (unpaired) electrons. The van der Waals surface area contributed by atoms with E-state index >= 15 is 0 Å². The summed E-state index contributed by atoms with van der Waals surface area (Å²) in [5.74, 6) is 3.02. The van der Waals surface area contributed by atoms with Crippen LogP contribution in [0.2, 0.25) is 0 Å². The van der Waals surface area contributed by atoms with Crippen molar-refractivity contribution in [1.29, 1.82) is 0 Å². The number of ether oxygens (including phenoxy) is 1. The number of hydrogen-bond donors (Lipinski definition) is 0. The minimum Gasteiger partial charge on any atom is -0.494 e. The first-order valence-electron chi connectivity index (χ1n) is 8.58. The van der Waals surface area contributed by atoms with Gasteiger partial charge in [-0.3, -0.25) is 4.90 Å². The highest BCUT2D eigenvalue weighted by atomic mass is 16.5. The lowest BCUT2D eigenvalue weighted by atomic mass is 10.0. The van der Waals surface area contributed by atoms with Crippen molar-refractivity contribution in [2.45, 2.75) is 52.7 Å². The third-order valence-corrected chi connectivity index (χ3v) is 4.61. The third kappa shape index (κ3) is 3.39. The molecule has 2 heterocycles. The normalized spacial score (nSPS) is 18.5. The molecule has 1 fully saturated rings. The van der Waals surface area contributed by atoms with Crippen molar-refractivity contribution in [2.75, 3.05) is 13.2 Å². The highest BCUT2D eigenvalue weighted by Gasteiger charge is 2.27. The lowest BCUT2D eigenvalue weighted by Crippen LogP contribution is -2.25. The third-order valence-electron chi connectivity index (χ3n) is 4.61. The van der Waals surface area contributed by atoms with Crippen LogP contribution >= 0.6 is 0 Å². The van der Waals surface area contributed by atoms with E-state index in [2.05, 4.69) is 50.9 Å². The van der Waals surface area contributed by atoms with Crippen molar-refractivity contribution in [3.63, 3.8) is 0 Å². The van der Waals surface area contributed by atoms with Gasteiger partial charge in [0.05, 0.1) is 13.2 Å². The second-order valence-corrected chi connectivity index (χ2v) is 6.04. The molecule has 1 aliphatic rings. The lowest BCUT2D eigenvalue weighted by molar-refractivity contribution is 0.238. The topological polar surface area (TPSA) is 43.2 Å². The van der Waals surface area contributed by atoms with Gasteiger partial charge in [-0.1, -0.05) is 12.1 Å². The van der Waals surface area contributed by atoms with Crippen molar-refractivity contribution >= 4 is 0 Å². The Labute approximate surface area is 138 Å². The van der Waals surface area contributed by atoms with E-state index in [1.807, 2.05) is 13.8 Å². The van der Waals surface area contributed by atoms with Crippen molar-refractivity contribution < 1.29 is 4.74 Å². The van der Waals surface area contributed by atoms with Crippen LogP contribution in [0.5, 0.6) is 5.75 Å². The molecule has 1 atom stereocenters. The molecule has 5 nitrogen and oxygen atoms in total. The summed E-state index contributed by atoms with van der Waals surface area (Å²) < 4.78 is 7.75. The van der Waals surface area contributed by atoms with E-state index in [1.54, 1.807) is 0 Å². The average Bonchev–Trinajstić information content (AvgIpc) is 3.16. The quantitative estimate of drug-likeness (QED) is 0.820. The van der Waals surface area contributed by atoms with E-state index in [1.165, 1.54) is 18.4 Å². The SMILES string of the molecule is CCOc1ccc(C2CCCN2Cc2nnc(C)n2CC)cc1. The van der Waals surface area contributed by atoms with Gasteiger partial charge in [-0.25, -0.2) is 0 Å². The lowest BCUT2D eigenvalue weighted by Gasteiger charge is -2.24. The maximum Gasteiger partial charge on any atom is 0.147 e. The van der Waals surface area contributed by atoms with Crippen LogP contribution in [-0.4, -0.2) is 32.8 Å². The molecule has 124 valence electrons. The molecule has 3 rings (SSSR count). The van der Waals surface area contributed by atoms with E-state index < -0.39 is 0 Å². The van der Waals surface area contributed by atoms with Gasteiger partial charge in [-0.05, 0) is 57.9 Å². The molecule has 0 bridgehead atoms. The average molecular weight is 314 g/mol. The molecule has 0 spiro atoms. The number of hydrogen-bond acceptors (Lipinski definition) is 4. The number of likely N-dealkylation sites (tertiary alicyclic amines) is 1. The monoisotopic (exact) mass is 314 g/mol. The van der Waals surface area contributed by atoms with Crippen LogP contribution < -0.4 is 4.74 Å². The first-order valence-corrected chi connectivity index (χ1v) is 8.58. The number of rotatable bonds is 6. The molecule has 0 N–H and O–H groups in total. The summed E-state index contributed by atoms with van der Waals surface area (Å²) in [7, 11) is 0. The number of aromatic nitrogens is 3.